The van der Waals surface area contributed by atoms with Gasteiger partial charge in [0.25, 0.3) is 0 Å². The standard InChI is InChI=1S/C9H13N3/c1-4-9-7-10-12(8-9)6-5-11(2)3/h1,7-8H,5-6H2,2-3H3. The van der Waals surface area contributed by atoms with Gasteiger partial charge in [-0.25, -0.2) is 0 Å². The van der Waals surface area contributed by atoms with Crippen LogP contribution in [0.1, 0.15) is 5.56 Å². The molecule has 1 heterocycles. The van der Waals surface area contributed by atoms with E-state index in [1.807, 2.05) is 25.0 Å². The number of hydrogen-bond donors (Lipinski definition) is 0. The van der Waals surface area contributed by atoms with E-state index in [0.29, 0.717) is 0 Å². The summed E-state index contributed by atoms with van der Waals surface area (Å²) in [6, 6.07) is 0. The molecule has 0 saturated heterocycles. The summed E-state index contributed by atoms with van der Waals surface area (Å²) in [7, 11) is 4.07. The zero-order valence-corrected chi connectivity index (χ0v) is 7.49. The van der Waals surface area contributed by atoms with E-state index < -0.39 is 0 Å². The minimum absolute atomic E-state index is 0.841. The molecule has 0 unspecified atom stereocenters. The van der Waals surface area contributed by atoms with Gasteiger partial charge < -0.3 is 4.90 Å². The summed E-state index contributed by atoms with van der Waals surface area (Å²) < 4.78 is 1.86. The van der Waals surface area contributed by atoms with E-state index in [2.05, 4.69) is 15.9 Å². The maximum Gasteiger partial charge on any atom is 0.0646 e. The Balaban J connectivity index is 2.48. The Morgan fingerprint density at radius 1 is 1.67 bits per heavy atom. The molecule has 0 radical (unpaired) electrons. The van der Waals surface area contributed by atoms with Gasteiger partial charge in [0.2, 0.25) is 0 Å². The first-order valence-electron chi connectivity index (χ1n) is 3.86. The molecule has 1 aromatic rings. The predicted molar refractivity (Wildman–Crippen MR) is 48.7 cm³/mol. The van der Waals surface area contributed by atoms with E-state index in [0.717, 1.165) is 18.7 Å². The molecule has 0 aromatic carbocycles. The topological polar surface area (TPSA) is 21.1 Å². The zero-order valence-electron chi connectivity index (χ0n) is 7.49. The van der Waals surface area contributed by atoms with Crippen LogP contribution in [0.15, 0.2) is 12.4 Å². The fraction of sp³-hybridized carbons (Fsp3) is 0.444. The molecule has 1 aromatic heterocycles. The monoisotopic (exact) mass is 163 g/mol. The zero-order chi connectivity index (χ0) is 8.97. The largest absolute Gasteiger partial charge is 0.308 e. The van der Waals surface area contributed by atoms with Crippen molar-refractivity contribution in [3.8, 4) is 12.3 Å². The van der Waals surface area contributed by atoms with Gasteiger partial charge in [-0.3, -0.25) is 4.68 Å². The molecule has 12 heavy (non-hydrogen) atoms. The molecule has 0 aliphatic carbocycles. The van der Waals surface area contributed by atoms with Crippen molar-refractivity contribution in [3.63, 3.8) is 0 Å². The maximum atomic E-state index is 5.21. The number of rotatable bonds is 3. The van der Waals surface area contributed by atoms with Crippen molar-refractivity contribution in [2.45, 2.75) is 6.54 Å². The SMILES string of the molecule is C#Cc1cnn(CCN(C)C)c1. The Morgan fingerprint density at radius 2 is 2.42 bits per heavy atom. The molecule has 3 heteroatoms. The van der Waals surface area contributed by atoms with Crippen LogP contribution < -0.4 is 0 Å². The minimum Gasteiger partial charge on any atom is -0.308 e. The van der Waals surface area contributed by atoms with Crippen molar-refractivity contribution in [1.82, 2.24) is 14.7 Å². The Labute approximate surface area is 73.0 Å². The van der Waals surface area contributed by atoms with E-state index in [4.69, 9.17) is 6.42 Å². The van der Waals surface area contributed by atoms with Gasteiger partial charge in [0.15, 0.2) is 0 Å². The van der Waals surface area contributed by atoms with E-state index in [1.165, 1.54) is 0 Å². The number of aromatic nitrogens is 2. The van der Waals surface area contributed by atoms with Crippen LogP contribution in [0.25, 0.3) is 0 Å². The fourth-order valence-electron chi connectivity index (χ4n) is 0.863. The lowest BCUT2D eigenvalue weighted by atomic mass is 10.4. The van der Waals surface area contributed by atoms with Crippen LogP contribution in [0.5, 0.6) is 0 Å². The second kappa shape index (κ2) is 3.93. The lowest BCUT2D eigenvalue weighted by Crippen LogP contribution is -2.18. The molecule has 0 aliphatic rings. The molecular weight excluding hydrogens is 150 g/mol. The van der Waals surface area contributed by atoms with Crippen LogP contribution in [-0.4, -0.2) is 35.3 Å². The van der Waals surface area contributed by atoms with Crippen LogP contribution in [0.4, 0.5) is 0 Å². The summed E-state index contributed by atoms with van der Waals surface area (Å²) in [5.41, 5.74) is 0.841. The highest BCUT2D eigenvalue weighted by Gasteiger charge is 1.95. The third-order valence-corrected chi connectivity index (χ3v) is 1.58. The third kappa shape index (κ3) is 2.40. The second-order valence-electron chi connectivity index (χ2n) is 2.94. The van der Waals surface area contributed by atoms with Crippen molar-refractivity contribution < 1.29 is 0 Å². The van der Waals surface area contributed by atoms with Gasteiger partial charge in [-0.05, 0) is 14.1 Å². The lowest BCUT2D eigenvalue weighted by Gasteiger charge is -2.08. The molecule has 0 aliphatic heterocycles. The number of likely N-dealkylation sites (N-methyl/N-ethyl adjacent to an activating group) is 1. The average Bonchev–Trinajstić information content (AvgIpc) is 2.48. The fourth-order valence-corrected chi connectivity index (χ4v) is 0.863. The van der Waals surface area contributed by atoms with Gasteiger partial charge in [-0.15, -0.1) is 6.42 Å². The molecule has 0 saturated carbocycles. The summed E-state index contributed by atoms with van der Waals surface area (Å²) in [5, 5.41) is 4.11. The van der Waals surface area contributed by atoms with Gasteiger partial charge in [-0.2, -0.15) is 5.10 Å². The molecule has 64 valence electrons. The van der Waals surface area contributed by atoms with Crippen LogP contribution in [0, 0.1) is 12.3 Å². The van der Waals surface area contributed by atoms with Crippen molar-refractivity contribution in [1.29, 1.82) is 0 Å². The second-order valence-corrected chi connectivity index (χ2v) is 2.94. The lowest BCUT2D eigenvalue weighted by molar-refractivity contribution is 0.373. The molecule has 0 N–H and O–H groups in total. The van der Waals surface area contributed by atoms with Gasteiger partial charge in [-0.1, -0.05) is 5.92 Å². The Hall–Kier alpha value is -1.27. The first-order valence-corrected chi connectivity index (χ1v) is 3.86. The van der Waals surface area contributed by atoms with Crippen LogP contribution in [0.2, 0.25) is 0 Å². The van der Waals surface area contributed by atoms with Crippen LogP contribution in [-0.2, 0) is 6.54 Å². The molecular formula is C9H13N3. The summed E-state index contributed by atoms with van der Waals surface area (Å²) in [6.45, 7) is 1.86. The summed E-state index contributed by atoms with van der Waals surface area (Å²) in [6.07, 6.45) is 8.79. The average molecular weight is 163 g/mol. The number of nitrogens with zero attached hydrogens (tertiary/aromatic N) is 3. The third-order valence-electron chi connectivity index (χ3n) is 1.58. The highest BCUT2D eigenvalue weighted by molar-refractivity contribution is 5.25. The minimum atomic E-state index is 0.841. The van der Waals surface area contributed by atoms with Crippen molar-refractivity contribution in [3.05, 3.63) is 18.0 Å². The van der Waals surface area contributed by atoms with Crippen molar-refractivity contribution in [2.75, 3.05) is 20.6 Å². The Morgan fingerprint density at radius 3 is 2.92 bits per heavy atom. The van der Waals surface area contributed by atoms with E-state index >= 15 is 0 Å². The first kappa shape index (κ1) is 8.82. The van der Waals surface area contributed by atoms with Crippen LogP contribution >= 0.6 is 0 Å². The summed E-state index contributed by atoms with van der Waals surface area (Å²) in [5.74, 6) is 2.54. The molecule has 3 nitrogen and oxygen atoms in total. The van der Waals surface area contributed by atoms with E-state index in [1.54, 1.807) is 6.20 Å². The molecule has 0 spiro atoms. The molecule has 0 amide bonds. The van der Waals surface area contributed by atoms with E-state index in [-0.39, 0.29) is 0 Å². The quantitative estimate of drug-likeness (QED) is 0.602. The molecule has 0 fully saturated rings. The normalized spacial score (nSPS) is 10.2. The summed E-state index contributed by atoms with van der Waals surface area (Å²) >= 11 is 0. The first-order chi connectivity index (χ1) is 5.72. The molecule has 0 bridgehead atoms. The molecule has 1 rings (SSSR count). The Bertz CT molecular complexity index is 280. The number of hydrogen-bond acceptors (Lipinski definition) is 2. The predicted octanol–water partition coefficient (Wildman–Crippen LogP) is 0.426. The smallest absolute Gasteiger partial charge is 0.0646 e. The van der Waals surface area contributed by atoms with Gasteiger partial charge in [0.05, 0.1) is 18.3 Å². The van der Waals surface area contributed by atoms with Crippen molar-refractivity contribution >= 4 is 0 Å². The van der Waals surface area contributed by atoms with Gasteiger partial charge in [0, 0.05) is 12.7 Å². The maximum absolute atomic E-state index is 5.21. The van der Waals surface area contributed by atoms with Crippen LogP contribution in [0.3, 0.4) is 0 Å². The van der Waals surface area contributed by atoms with Crippen molar-refractivity contribution in [2.24, 2.45) is 0 Å². The van der Waals surface area contributed by atoms with E-state index in [9.17, 15) is 0 Å². The molecule has 0 atom stereocenters. The number of terminal acetylenes is 1. The van der Waals surface area contributed by atoms with Gasteiger partial charge >= 0.3 is 0 Å². The summed E-state index contributed by atoms with van der Waals surface area (Å²) in [4.78, 5) is 2.11. The Kier molecular flexibility index (Phi) is 2.89. The highest BCUT2D eigenvalue weighted by Crippen LogP contribution is 1.94. The highest BCUT2D eigenvalue weighted by atomic mass is 15.3. The van der Waals surface area contributed by atoms with Gasteiger partial charge in [0.1, 0.15) is 0 Å².